The Labute approximate surface area is 370 Å². The van der Waals surface area contributed by atoms with Crippen molar-refractivity contribution in [2.24, 2.45) is 0 Å². The molecule has 1 heterocycles. The van der Waals surface area contributed by atoms with Gasteiger partial charge in [0.2, 0.25) is 5.91 Å². The van der Waals surface area contributed by atoms with Crippen molar-refractivity contribution in [3.8, 4) is 0 Å². The summed E-state index contributed by atoms with van der Waals surface area (Å²) in [6.45, 7) is 3.21. The third-order valence-electron chi connectivity index (χ3n) is 11.6. The molecule has 8 atom stereocenters. The van der Waals surface area contributed by atoms with Crippen LogP contribution in [-0.2, 0) is 28.9 Å². The molecule has 0 radical (unpaired) electrons. The Kier molecular flexibility index (Phi) is 35.7. The van der Waals surface area contributed by atoms with Crippen molar-refractivity contribution in [3.05, 3.63) is 24.3 Å². The van der Waals surface area contributed by atoms with Crippen molar-refractivity contribution in [2.45, 2.75) is 255 Å². The van der Waals surface area contributed by atoms with Gasteiger partial charge in [0.05, 0.1) is 25.4 Å². The molecule has 1 aliphatic rings. The lowest BCUT2D eigenvalue weighted by Gasteiger charge is -2.41. The SMILES string of the molecule is CCCCCCCCCCCC/C=C/CC/C=C/C(O)C(COC1OC(CO)C(O)C(OS(=O)(=O)O)C1O)NC(=O)C(O)CCCCCCCCCCCCCCCCCC. The number of ether oxygens (including phenoxy) is 2. The predicted octanol–water partition coefficient (Wildman–Crippen LogP) is 8.69. The minimum Gasteiger partial charge on any atom is -0.394 e. The van der Waals surface area contributed by atoms with Gasteiger partial charge in [0.15, 0.2) is 6.29 Å². The van der Waals surface area contributed by atoms with Gasteiger partial charge in [0.25, 0.3) is 0 Å². The first-order valence-electron chi connectivity index (χ1n) is 24.3. The first-order valence-corrected chi connectivity index (χ1v) is 25.7. The van der Waals surface area contributed by atoms with Gasteiger partial charge in [-0.05, 0) is 32.1 Å². The molecular formula is C47H89NO12S. The third kappa shape index (κ3) is 30.3. The molecule has 0 aromatic carbocycles. The quantitative estimate of drug-likeness (QED) is 0.0175. The number of amides is 1. The van der Waals surface area contributed by atoms with E-state index in [1.807, 2.05) is 0 Å². The van der Waals surface area contributed by atoms with E-state index >= 15 is 0 Å². The van der Waals surface area contributed by atoms with Crippen LogP contribution >= 0.6 is 0 Å². The molecule has 0 aromatic rings. The Hall–Kier alpha value is -1.46. The fourth-order valence-corrected chi connectivity index (χ4v) is 8.22. The highest BCUT2D eigenvalue weighted by atomic mass is 32.3. The lowest BCUT2D eigenvalue weighted by molar-refractivity contribution is -0.298. The summed E-state index contributed by atoms with van der Waals surface area (Å²) >= 11 is 0. The topological polar surface area (TPSA) is 212 Å². The Morgan fingerprint density at radius 3 is 1.57 bits per heavy atom. The molecule has 1 fully saturated rings. The maximum absolute atomic E-state index is 13.1. The zero-order chi connectivity index (χ0) is 45.0. The predicted molar refractivity (Wildman–Crippen MR) is 242 cm³/mol. The van der Waals surface area contributed by atoms with E-state index < -0.39 is 78.5 Å². The second kappa shape index (κ2) is 37.9. The summed E-state index contributed by atoms with van der Waals surface area (Å²) in [7, 11) is -5.12. The van der Waals surface area contributed by atoms with Crippen molar-refractivity contribution < 1.29 is 57.0 Å². The van der Waals surface area contributed by atoms with Crippen LogP contribution in [0.15, 0.2) is 24.3 Å². The summed E-state index contributed by atoms with van der Waals surface area (Å²) in [6.07, 6.45) is 31.1. The van der Waals surface area contributed by atoms with Gasteiger partial charge in [-0.1, -0.05) is 199 Å². The van der Waals surface area contributed by atoms with Crippen molar-refractivity contribution in [2.75, 3.05) is 13.2 Å². The molecule has 61 heavy (non-hydrogen) atoms. The van der Waals surface area contributed by atoms with Crippen molar-refractivity contribution in [3.63, 3.8) is 0 Å². The highest BCUT2D eigenvalue weighted by Gasteiger charge is 2.48. The molecule has 0 spiro atoms. The molecule has 360 valence electrons. The zero-order valence-corrected chi connectivity index (χ0v) is 38.9. The minimum atomic E-state index is -5.12. The van der Waals surface area contributed by atoms with Gasteiger partial charge in [-0.25, -0.2) is 4.18 Å². The molecule has 0 bridgehead atoms. The van der Waals surface area contributed by atoms with Gasteiger partial charge in [-0.2, -0.15) is 8.42 Å². The monoisotopic (exact) mass is 892 g/mol. The van der Waals surface area contributed by atoms with Gasteiger partial charge < -0.3 is 40.3 Å². The van der Waals surface area contributed by atoms with Crippen LogP contribution in [0.4, 0.5) is 0 Å². The fourth-order valence-electron chi connectivity index (χ4n) is 7.71. The maximum atomic E-state index is 13.1. The van der Waals surface area contributed by atoms with Crippen LogP contribution in [0.25, 0.3) is 0 Å². The minimum absolute atomic E-state index is 0.240. The molecule has 13 nitrogen and oxygen atoms in total. The molecule has 1 amide bonds. The number of aliphatic hydroxyl groups excluding tert-OH is 5. The summed E-state index contributed by atoms with van der Waals surface area (Å²) in [4.78, 5) is 13.1. The molecule has 8 unspecified atom stereocenters. The van der Waals surface area contributed by atoms with Gasteiger partial charge in [0.1, 0.15) is 30.5 Å². The van der Waals surface area contributed by atoms with Gasteiger partial charge in [-0.15, -0.1) is 0 Å². The van der Waals surface area contributed by atoms with Gasteiger partial charge in [0, 0.05) is 0 Å². The number of hydrogen-bond acceptors (Lipinski definition) is 11. The molecule has 0 aliphatic carbocycles. The van der Waals surface area contributed by atoms with E-state index in [-0.39, 0.29) is 6.42 Å². The number of unbranched alkanes of at least 4 members (excludes halogenated alkanes) is 26. The van der Waals surface area contributed by atoms with E-state index in [0.29, 0.717) is 12.8 Å². The highest BCUT2D eigenvalue weighted by Crippen LogP contribution is 2.26. The van der Waals surface area contributed by atoms with E-state index in [4.69, 9.17) is 9.47 Å². The van der Waals surface area contributed by atoms with Crippen molar-refractivity contribution in [1.29, 1.82) is 0 Å². The maximum Gasteiger partial charge on any atom is 0.397 e. The standard InChI is InChI=1S/C47H89NO12S/c1-3-5-7-9-11-13-15-17-19-21-23-25-27-29-31-33-35-40(50)39(38-58-47-44(53)45(60-61(55,56)57)43(52)42(37-49)59-47)48-46(54)41(51)36-34-32-30-28-26-24-22-20-18-16-14-12-10-8-6-4-2/h25,27,33,35,39-45,47,49-53H,3-24,26,28-32,34,36-38H2,1-2H3,(H,48,54)(H,55,56,57)/b27-25+,35-33+. The van der Waals surface area contributed by atoms with E-state index in [0.717, 1.165) is 38.5 Å². The molecule has 14 heteroatoms. The number of carbonyl (C=O) groups excluding carboxylic acids is 1. The van der Waals surface area contributed by atoms with Crippen LogP contribution in [0.3, 0.4) is 0 Å². The average molecular weight is 892 g/mol. The number of allylic oxidation sites excluding steroid dienone is 3. The summed E-state index contributed by atoms with van der Waals surface area (Å²) in [5.41, 5.74) is 0. The highest BCUT2D eigenvalue weighted by molar-refractivity contribution is 7.80. The lowest BCUT2D eigenvalue weighted by atomic mass is 9.99. The van der Waals surface area contributed by atoms with Crippen LogP contribution in [0, 0.1) is 0 Å². The number of rotatable bonds is 41. The number of nitrogens with one attached hydrogen (secondary N) is 1. The van der Waals surface area contributed by atoms with E-state index in [9.17, 15) is 43.3 Å². The van der Waals surface area contributed by atoms with E-state index in [1.54, 1.807) is 6.08 Å². The molecule has 0 saturated carbocycles. The fraction of sp³-hybridized carbons (Fsp3) is 0.894. The van der Waals surface area contributed by atoms with Crippen LogP contribution in [0.2, 0.25) is 0 Å². The molecule has 1 rings (SSSR count). The largest absolute Gasteiger partial charge is 0.397 e. The van der Waals surface area contributed by atoms with Crippen molar-refractivity contribution >= 4 is 16.3 Å². The molecule has 1 aliphatic heterocycles. The summed E-state index contributed by atoms with van der Waals surface area (Å²) in [6, 6.07) is -1.13. The van der Waals surface area contributed by atoms with Crippen LogP contribution in [-0.4, -0.2) is 107 Å². The van der Waals surface area contributed by atoms with Crippen LogP contribution < -0.4 is 5.32 Å². The summed E-state index contributed by atoms with van der Waals surface area (Å²) in [5.74, 6) is -0.710. The molecular weight excluding hydrogens is 803 g/mol. The number of aliphatic hydroxyl groups is 5. The first-order chi connectivity index (χ1) is 29.4. The number of carbonyl (C=O) groups is 1. The van der Waals surface area contributed by atoms with Gasteiger partial charge >= 0.3 is 10.4 Å². The Balaban J connectivity index is 2.58. The Morgan fingerprint density at radius 2 is 1.10 bits per heavy atom. The van der Waals surface area contributed by atoms with Crippen LogP contribution in [0.1, 0.15) is 206 Å². The summed E-state index contributed by atoms with van der Waals surface area (Å²) < 4.78 is 47.5. The third-order valence-corrected chi connectivity index (χ3v) is 12.1. The van der Waals surface area contributed by atoms with Crippen LogP contribution in [0.5, 0.6) is 0 Å². The molecule has 7 N–H and O–H groups in total. The average Bonchev–Trinajstić information content (AvgIpc) is 3.23. The smallest absolute Gasteiger partial charge is 0.394 e. The normalized spacial score (nSPS) is 21.3. The summed E-state index contributed by atoms with van der Waals surface area (Å²) in [5, 5.41) is 55.2. The van der Waals surface area contributed by atoms with E-state index in [1.165, 1.54) is 141 Å². The zero-order valence-electron chi connectivity index (χ0n) is 38.1. The Bertz CT molecular complexity index is 1200. The lowest BCUT2D eigenvalue weighted by Crippen LogP contribution is -2.61. The molecule has 0 aromatic heterocycles. The van der Waals surface area contributed by atoms with Gasteiger partial charge in [-0.3, -0.25) is 9.35 Å². The second-order valence-electron chi connectivity index (χ2n) is 17.2. The second-order valence-corrected chi connectivity index (χ2v) is 18.2. The van der Waals surface area contributed by atoms with E-state index in [2.05, 4.69) is 35.5 Å². The Morgan fingerprint density at radius 1 is 0.656 bits per heavy atom. The molecule has 1 saturated heterocycles. The van der Waals surface area contributed by atoms with Crippen molar-refractivity contribution in [1.82, 2.24) is 5.32 Å². The number of hydrogen-bond donors (Lipinski definition) is 7. The first kappa shape index (κ1) is 57.6.